The molecule has 2 heterocycles. The highest BCUT2D eigenvalue weighted by Gasteiger charge is 2.46. The Balaban J connectivity index is 2.07. The first-order chi connectivity index (χ1) is 9.45. The number of hydrogen-bond acceptors (Lipinski definition) is 3. The zero-order chi connectivity index (χ0) is 14.8. The molecule has 1 aliphatic heterocycles. The summed E-state index contributed by atoms with van der Waals surface area (Å²) in [5.41, 5.74) is -0.174. The van der Waals surface area contributed by atoms with Gasteiger partial charge in [-0.05, 0) is 44.4 Å². The number of amides is 2. The van der Waals surface area contributed by atoms with E-state index in [9.17, 15) is 14.7 Å². The standard InChI is InChI=1S/C14H19N3O3/c1-10(11-4-7-15-8-5-11)16-13(20)17-9-3-6-14(17,2)12(18)19/h4-5,7-8,10H,3,6,9H2,1-2H3,(H,16,20)(H,18,19). The Morgan fingerprint density at radius 2 is 2.10 bits per heavy atom. The fourth-order valence-corrected chi connectivity index (χ4v) is 2.51. The topological polar surface area (TPSA) is 82.5 Å². The van der Waals surface area contributed by atoms with E-state index in [4.69, 9.17) is 0 Å². The molecule has 6 heteroatoms. The average Bonchev–Trinajstić information content (AvgIpc) is 2.83. The van der Waals surface area contributed by atoms with Crippen LogP contribution in [0.15, 0.2) is 24.5 Å². The number of urea groups is 1. The minimum Gasteiger partial charge on any atom is -0.480 e. The fraction of sp³-hybridized carbons (Fsp3) is 0.500. The van der Waals surface area contributed by atoms with Crippen LogP contribution in [-0.4, -0.2) is 39.1 Å². The molecule has 2 N–H and O–H groups in total. The zero-order valence-corrected chi connectivity index (χ0v) is 11.7. The van der Waals surface area contributed by atoms with E-state index in [2.05, 4.69) is 10.3 Å². The summed E-state index contributed by atoms with van der Waals surface area (Å²) in [5.74, 6) is -0.957. The molecule has 2 rings (SSSR count). The van der Waals surface area contributed by atoms with Gasteiger partial charge in [0.05, 0.1) is 6.04 Å². The molecule has 2 unspecified atom stereocenters. The number of hydrogen-bond donors (Lipinski definition) is 2. The second-order valence-electron chi connectivity index (χ2n) is 5.29. The summed E-state index contributed by atoms with van der Waals surface area (Å²) in [6.45, 7) is 3.93. The van der Waals surface area contributed by atoms with Crippen LogP contribution in [0.25, 0.3) is 0 Å². The number of nitrogens with one attached hydrogen (secondary N) is 1. The molecule has 1 aromatic heterocycles. The second-order valence-corrected chi connectivity index (χ2v) is 5.29. The summed E-state index contributed by atoms with van der Waals surface area (Å²) in [7, 11) is 0. The lowest BCUT2D eigenvalue weighted by Gasteiger charge is -2.32. The van der Waals surface area contributed by atoms with Crippen LogP contribution < -0.4 is 5.32 Å². The maximum absolute atomic E-state index is 12.3. The maximum Gasteiger partial charge on any atom is 0.329 e. The third-order valence-corrected chi connectivity index (χ3v) is 3.89. The van der Waals surface area contributed by atoms with Crippen molar-refractivity contribution in [3.05, 3.63) is 30.1 Å². The number of carboxylic acid groups (broad SMARTS) is 1. The van der Waals surface area contributed by atoms with Crippen molar-refractivity contribution in [2.24, 2.45) is 0 Å². The molecule has 108 valence electrons. The number of nitrogens with zero attached hydrogens (tertiary/aromatic N) is 2. The summed E-state index contributed by atoms with van der Waals surface area (Å²) >= 11 is 0. The summed E-state index contributed by atoms with van der Waals surface area (Å²) in [6, 6.07) is 3.12. The minimum absolute atomic E-state index is 0.191. The van der Waals surface area contributed by atoms with Crippen molar-refractivity contribution in [3.63, 3.8) is 0 Å². The molecule has 6 nitrogen and oxygen atoms in total. The van der Waals surface area contributed by atoms with Gasteiger partial charge in [-0.15, -0.1) is 0 Å². The van der Waals surface area contributed by atoms with E-state index in [0.29, 0.717) is 19.4 Å². The van der Waals surface area contributed by atoms with Gasteiger partial charge in [0, 0.05) is 18.9 Å². The Bertz CT molecular complexity index is 506. The van der Waals surface area contributed by atoms with Crippen molar-refractivity contribution < 1.29 is 14.7 Å². The molecular weight excluding hydrogens is 258 g/mol. The van der Waals surface area contributed by atoms with Crippen LogP contribution >= 0.6 is 0 Å². The van der Waals surface area contributed by atoms with Gasteiger partial charge >= 0.3 is 12.0 Å². The van der Waals surface area contributed by atoms with Gasteiger partial charge in [0.2, 0.25) is 0 Å². The highest BCUT2D eigenvalue weighted by molar-refractivity contribution is 5.86. The molecule has 0 saturated carbocycles. The highest BCUT2D eigenvalue weighted by atomic mass is 16.4. The average molecular weight is 277 g/mol. The van der Waals surface area contributed by atoms with Crippen LogP contribution in [0.3, 0.4) is 0 Å². The van der Waals surface area contributed by atoms with E-state index >= 15 is 0 Å². The van der Waals surface area contributed by atoms with E-state index in [1.165, 1.54) is 4.90 Å². The van der Waals surface area contributed by atoms with E-state index in [0.717, 1.165) is 5.56 Å². The van der Waals surface area contributed by atoms with E-state index < -0.39 is 11.5 Å². The SMILES string of the molecule is CC(NC(=O)N1CCCC1(C)C(=O)O)c1ccncc1. The predicted molar refractivity (Wildman–Crippen MR) is 73.2 cm³/mol. The van der Waals surface area contributed by atoms with Crippen LogP contribution in [0.1, 0.15) is 38.3 Å². The quantitative estimate of drug-likeness (QED) is 0.882. The summed E-state index contributed by atoms with van der Waals surface area (Å²) < 4.78 is 0. The number of rotatable bonds is 3. The number of carbonyl (C=O) groups excluding carboxylic acids is 1. The molecule has 20 heavy (non-hydrogen) atoms. The van der Waals surface area contributed by atoms with E-state index in [1.54, 1.807) is 19.3 Å². The second kappa shape index (κ2) is 5.48. The van der Waals surface area contributed by atoms with Gasteiger partial charge in [0.15, 0.2) is 0 Å². The van der Waals surface area contributed by atoms with Crippen molar-refractivity contribution in [2.75, 3.05) is 6.54 Å². The van der Waals surface area contributed by atoms with Gasteiger partial charge in [-0.2, -0.15) is 0 Å². The highest BCUT2D eigenvalue weighted by Crippen LogP contribution is 2.29. The van der Waals surface area contributed by atoms with Crippen molar-refractivity contribution in [2.45, 2.75) is 38.3 Å². The lowest BCUT2D eigenvalue weighted by molar-refractivity contribution is -0.147. The largest absolute Gasteiger partial charge is 0.480 e. The molecule has 1 aromatic rings. The van der Waals surface area contributed by atoms with Crippen molar-refractivity contribution >= 4 is 12.0 Å². The summed E-state index contributed by atoms with van der Waals surface area (Å²) in [6.07, 6.45) is 4.52. The zero-order valence-electron chi connectivity index (χ0n) is 11.7. The van der Waals surface area contributed by atoms with Crippen LogP contribution in [0.2, 0.25) is 0 Å². The Morgan fingerprint density at radius 1 is 1.45 bits per heavy atom. The number of carboxylic acids is 1. The predicted octanol–water partition coefficient (Wildman–Crippen LogP) is 1.79. The maximum atomic E-state index is 12.3. The first-order valence-corrected chi connectivity index (χ1v) is 6.66. The third-order valence-electron chi connectivity index (χ3n) is 3.89. The molecular formula is C14H19N3O3. The molecule has 2 amide bonds. The van der Waals surface area contributed by atoms with Gasteiger partial charge in [-0.25, -0.2) is 9.59 Å². The van der Waals surface area contributed by atoms with Crippen LogP contribution in [0, 0.1) is 0 Å². The lowest BCUT2D eigenvalue weighted by Crippen LogP contribution is -2.54. The Labute approximate surface area is 117 Å². The van der Waals surface area contributed by atoms with Gasteiger partial charge < -0.3 is 15.3 Å². The van der Waals surface area contributed by atoms with Crippen LogP contribution in [0.5, 0.6) is 0 Å². The molecule has 0 aromatic carbocycles. The molecule has 1 aliphatic rings. The van der Waals surface area contributed by atoms with Gasteiger partial charge in [0.1, 0.15) is 5.54 Å². The van der Waals surface area contributed by atoms with Gasteiger partial charge in [-0.3, -0.25) is 4.98 Å². The molecule has 0 bridgehead atoms. The van der Waals surface area contributed by atoms with E-state index in [1.807, 2.05) is 19.1 Å². The van der Waals surface area contributed by atoms with Crippen molar-refractivity contribution in [3.8, 4) is 0 Å². The monoisotopic (exact) mass is 277 g/mol. The molecule has 2 atom stereocenters. The summed E-state index contributed by atoms with van der Waals surface area (Å²) in [4.78, 5) is 29.0. The Morgan fingerprint density at radius 3 is 2.70 bits per heavy atom. The molecule has 0 radical (unpaired) electrons. The Kier molecular flexibility index (Phi) is 3.92. The number of aliphatic carboxylic acids is 1. The normalized spacial score (nSPS) is 23.4. The van der Waals surface area contributed by atoms with Crippen LogP contribution in [-0.2, 0) is 4.79 Å². The van der Waals surface area contributed by atoms with Crippen molar-refractivity contribution in [1.29, 1.82) is 0 Å². The summed E-state index contributed by atoms with van der Waals surface area (Å²) in [5, 5.41) is 12.2. The molecule has 1 fully saturated rings. The van der Waals surface area contributed by atoms with Crippen LogP contribution in [0.4, 0.5) is 4.79 Å². The molecule has 0 aliphatic carbocycles. The van der Waals surface area contributed by atoms with Gasteiger partial charge in [-0.1, -0.05) is 0 Å². The number of aromatic nitrogens is 1. The molecule has 1 saturated heterocycles. The fourth-order valence-electron chi connectivity index (χ4n) is 2.51. The Hall–Kier alpha value is -2.11. The van der Waals surface area contributed by atoms with Crippen molar-refractivity contribution in [1.82, 2.24) is 15.2 Å². The smallest absolute Gasteiger partial charge is 0.329 e. The number of likely N-dealkylation sites (tertiary alicyclic amines) is 1. The first-order valence-electron chi connectivity index (χ1n) is 6.66. The third kappa shape index (κ3) is 2.59. The number of pyridine rings is 1. The molecule has 0 spiro atoms. The lowest BCUT2D eigenvalue weighted by atomic mass is 10.00. The van der Waals surface area contributed by atoms with E-state index in [-0.39, 0.29) is 12.1 Å². The number of carbonyl (C=O) groups is 2. The van der Waals surface area contributed by atoms with Gasteiger partial charge in [0.25, 0.3) is 0 Å². The first kappa shape index (κ1) is 14.3. The minimum atomic E-state index is -1.11.